The fourth-order valence-electron chi connectivity index (χ4n) is 1.14. The van der Waals surface area contributed by atoms with Gasteiger partial charge in [-0.3, -0.25) is 0 Å². The van der Waals surface area contributed by atoms with Gasteiger partial charge in [-0.25, -0.2) is 0 Å². The molecule has 0 aromatic carbocycles. The maximum absolute atomic E-state index is 3.42. The van der Waals surface area contributed by atoms with Gasteiger partial charge in [-0.05, 0) is 18.9 Å². The van der Waals surface area contributed by atoms with E-state index in [9.17, 15) is 0 Å². The molecule has 0 radical (unpaired) electrons. The largest absolute Gasteiger partial charge is 0.310 e. The van der Waals surface area contributed by atoms with Crippen LogP contribution in [0.2, 0.25) is 0 Å². The van der Waals surface area contributed by atoms with E-state index in [1.807, 2.05) is 0 Å². The predicted molar refractivity (Wildman–Crippen MR) is 65.6 cm³/mol. The van der Waals surface area contributed by atoms with Crippen LogP contribution in [-0.2, 0) is 0 Å². The van der Waals surface area contributed by atoms with Crippen molar-refractivity contribution in [3.8, 4) is 0 Å². The molecule has 1 N–H and O–H groups in total. The average Bonchev–Trinajstić information content (AvgIpc) is 2.16. The Morgan fingerprint density at radius 2 is 2.07 bits per heavy atom. The Morgan fingerprint density at radius 1 is 1.36 bits per heavy atom. The minimum Gasteiger partial charge on any atom is -0.310 e. The number of allylic oxidation sites excluding steroid dienone is 2. The molecular formula is C13H25N. The van der Waals surface area contributed by atoms with Crippen molar-refractivity contribution in [2.45, 2.75) is 53.0 Å². The Kier molecular flexibility index (Phi) is 8.65. The Labute approximate surface area is 89.3 Å². The standard InChI is InChI=1S/C13H25N/c1-5-7-8-9-10-13(6-2)11-14-12(3)4/h6,9-10,12,14H,5,7-8,11H2,1-4H3/b10-9-,13-6+. The SMILES string of the molecule is C/C=C(\C=C/CCCC)CNC(C)C. The van der Waals surface area contributed by atoms with E-state index in [1.165, 1.54) is 24.8 Å². The van der Waals surface area contributed by atoms with Gasteiger partial charge in [0.25, 0.3) is 0 Å². The van der Waals surface area contributed by atoms with E-state index in [2.05, 4.69) is 51.2 Å². The molecule has 0 bridgehead atoms. The summed E-state index contributed by atoms with van der Waals surface area (Å²) >= 11 is 0. The van der Waals surface area contributed by atoms with Crippen LogP contribution < -0.4 is 5.32 Å². The summed E-state index contributed by atoms with van der Waals surface area (Å²) in [6.07, 6.45) is 10.5. The number of unbranched alkanes of at least 4 members (excludes halogenated alkanes) is 2. The summed E-state index contributed by atoms with van der Waals surface area (Å²) < 4.78 is 0. The summed E-state index contributed by atoms with van der Waals surface area (Å²) in [5.41, 5.74) is 1.38. The van der Waals surface area contributed by atoms with E-state index in [-0.39, 0.29) is 0 Å². The molecule has 0 atom stereocenters. The van der Waals surface area contributed by atoms with Crippen molar-refractivity contribution in [3.63, 3.8) is 0 Å². The number of rotatable bonds is 7. The van der Waals surface area contributed by atoms with E-state index >= 15 is 0 Å². The summed E-state index contributed by atoms with van der Waals surface area (Å²) in [5.74, 6) is 0. The second-order valence-electron chi connectivity index (χ2n) is 3.94. The average molecular weight is 195 g/mol. The molecule has 0 spiro atoms. The zero-order valence-electron chi connectivity index (χ0n) is 10.1. The number of hydrogen-bond acceptors (Lipinski definition) is 1. The van der Waals surface area contributed by atoms with Gasteiger partial charge in [0.05, 0.1) is 0 Å². The third kappa shape index (κ3) is 8.06. The van der Waals surface area contributed by atoms with Crippen molar-refractivity contribution < 1.29 is 0 Å². The van der Waals surface area contributed by atoms with E-state index < -0.39 is 0 Å². The third-order valence-corrected chi connectivity index (χ3v) is 2.14. The van der Waals surface area contributed by atoms with Crippen molar-refractivity contribution in [3.05, 3.63) is 23.8 Å². The van der Waals surface area contributed by atoms with Crippen LogP contribution in [0.25, 0.3) is 0 Å². The molecule has 1 heteroatoms. The molecule has 0 aliphatic rings. The fraction of sp³-hybridized carbons (Fsp3) is 0.692. The number of hydrogen-bond donors (Lipinski definition) is 1. The zero-order chi connectivity index (χ0) is 10.8. The van der Waals surface area contributed by atoms with Gasteiger partial charge >= 0.3 is 0 Å². The molecule has 0 unspecified atom stereocenters. The van der Waals surface area contributed by atoms with Gasteiger partial charge in [-0.15, -0.1) is 0 Å². The van der Waals surface area contributed by atoms with Crippen LogP contribution in [0.15, 0.2) is 23.8 Å². The Morgan fingerprint density at radius 3 is 2.57 bits per heavy atom. The lowest BCUT2D eigenvalue weighted by Crippen LogP contribution is -2.24. The van der Waals surface area contributed by atoms with Crippen LogP contribution in [-0.4, -0.2) is 12.6 Å². The van der Waals surface area contributed by atoms with Crippen LogP contribution in [0.1, 0.15) is 47.0 Å². The number of nitrogens with one attached hydrogen (secondary N) is 1. The first kappa shape index (κ1) is 13.4. The quantitative estimate of drug-likeness (QED) is 0.483. The van der Waals surface area contributed by atoms with E-state index in [4.69, 9.17) is 0 Å². The smallest absolute Gasteiger partial charge is 0.0204 e. The molecule has 0 aliphatic heterocycles. The van der Waals surface area contributed by atoms with E-state index in [1.54, 1.807) is 0 Å². The summed E-state index contributed by atoms with van der Waals surface area (Å²) in [5, 5.41) is 3.42. The van der Waals surface area contributed by atoms with Gasteiger partial charge in [-0.1, -0.05) is 51.8 Å². The van der Waals surface area contributed by atoms with Gasteiger partial charge in [0.15, 0.2) is 0 Å². The van der Waals surface area contributed by atoms with Crippen molar-refractivity contribution in [2.75, 3.05) is 6.54 Å². The molecule has 0 amide bonds. The van der Waals surface area contributed by atoms with Crippen LogP contribution in [0.3, 0.4) is 0 Å². The minimum atomic E-state index is 0.564. The summed E-state index contributed by atoms with van der Waals surface area (Å²) in [4.78, 5) is 0. The van der Waals surface area contributed by atoms with Gasteiger partial charge in [0.1, 0.15) is 0 Å². The second kappa shape index (κ2) is 9.01. The topological polar surface area (TPSA) is 12.0 Å². The molecule has 82 valence electrons. The molecule has 0 heterocycles. The molecule has 14 heavy (non-hydrogen) atoms. The van der Waals surface area contributed by atoms with Gasteiger partial charge < -0.3 is 5.32 Å². The van der Waals surface area contributed by atoms with Crippen LogP contribution >= 0.6 is 0 Å². The van der Waals surface area contributed by atoms with Crippen molar-refractivity contribution in [1.82, 2.24) is 5.32 Å². The highest BCUT2D eigenvalue weighted by molar-refractivity contribution is 5.19. The first-order chi connectivity index (χ1) is 6.70. The minimum absolute atomic E-state index is 0.564. The third-order valence-electron chi connectivity index (χ3n) is 2.14. The molecule has 0 aromatic rings. The van der Waals surface area contributed by atoms with Crippen molar-refractivity contribution >= 4 is 0 Å². The van der Waals surface area contributed by atoms with Crippen molar-refractivity contribution in [1.29, 1.82) is 0 Å². The highest BCUT2D eigenvalue weighted by atomic mass is 14.9. The van der Waals surface area contributed by atoms with Gasteiger partial charge in [0.2, 0.25) is 0 Å². The first-order valence-corrected chi connectivity index (χ1v) is 5.75. The van der Waals surface area contributed by atoms with E-state index in [0.717, 1.165) is 6.54 Å². The molecule has 0 saturated heterocycles. The molecule has 0 fully saturated rings. The molecule has 1 nitrogen and oxygen atoms in total. The van der Waals surface area contributed by atoms with E-state index in [0.29, 0.717) is 6.04 Å². The summed E-state index contributed by atoms with van der Waals surface area (Å²) in [6.45, 7) is 9.66. The lowest BCUT2D eigenvalue weighted by Gasteiger charge is -2.08. The lowest BCUT2D eigenvalue weighted by molar-refractivity contribution is 0.625. The zero-order valence-corrected chi connectivity index (χ0v) is 10.1. The maximum atomic E-state index is 3.42. The second-order valence-corrected chi connectivity index (χ2v) is 3.94. The monoisotopic (exact) mass is 195 g/mol. The fourth-order valence-corrected chi connectivity index (χ4v) is 1.14. The highest BCUT2D eigenvalue weighted by Crippen LogP contribution is 2.00. The Bertz CT molecular complexity index is 178. The molecule has 0 aromatic heterocycles. The summed E-state index contributed by atoms with van der Waals surface area (Å²) in [6, 6.07) is 0.564. The lowest BCUT2D eigenvalue weighted by atomic mass is 10.2. The Balaban J connectivity index is 3.74. The Hall–Kier alpha value is -0.560. The van der Waals surface area contributed by atoms with Crippen molar-refractivity contribution in [2.24, 2.45) is 0 Å². The first-order valence-electron chi connectivity index (χ1n) is 5.75. The normalized spacial score (nSPS) is 13.1. The van der Waals surface area contributed by atoms with Gasteiger partial charge in [-0.2, -0.15) is 0 Å². The predicted octanol–water partition coefficient (Wildman–Crippen LogP) is 3.68. The van der Waals surface area contributed by atoms with Gasteiger partial charge in [0, 0.05) is 12.6 Å². The summed E-state index contributed by atoms with van der Waals surface area (Å²) in [7, 11) is 0. The highest BCUT2D eigenvalue weighted by Gasteiger charge is 1.93. The van der Waals surface area contributed by atoms with Crippen LogP contribution in [0, 0.1) is 0 Å². The molecule has 0 saturated carbocycles. The molecule has 0 rings (SSSR count). The maximum Gasteiger partial charge on any atom is 0.0204 e. The molecular weight excluding hydrogens is 170 g/mol. The van der Waals surface area contributed by atoms with Crippen LogP contribution in [0.4, 0.5) is 0 Å². The van der Waals surface area contributed by atoms with Crippen LogP contribution in [0.5, 0.6) is 0 Å². The molecule has 0 aliphatic carbocycles.